The van der Waals surface area contributed by atoms with Gasteiger partial charge >= 0.3 is 0 Å². The molecular weight excluding hydrogens is 264 g/mol. The summed E-state index contributed by atoms with van der Waals surface area (Å²) in [5.41, 5.74) is 6.38. The fraction of sp³-hybridized carbons (Fsp3) is 0.500. The Morgan fingerprint density at radius 1 is 1.42 bits per heavy atom. The number of benzene rings is 1. The molecule has 0 unspecified atom stereocenters. The van der Waals surface area contributed by atoms with Crippen molar-refractivity contribution >= 4 is 18.3 Å². The Balaban J connectivity index is 0.00000180. The number of hydrogen-bond acceptors (Lipinski definition) is 3. The molecule has 0 aliphatic heterocycles. The van der Waals surface area contributed by atoms with Crippen molar-refractivity contribution in [1.29, 1.82) is 0 Å². The largest absolute Gasteiger partial charge is 0.491 e. The number of halogens is 1. The van der Waals surface area contributed by atoms with Crippen molar-refractivity contribution in [2.24, 2.45) is 5.73 Å². The maximum absolute atomic E-state index is 11.9. The first kappa shape index (κ1) is 15.8. The number of nitrogens with zero attached hydrogens (tertiary/aromatic N) is 1. The smallest absolute Gasteiger partial charge is 0.242 e. The van der Waals surface area contributed by atoms with Gasteiger partial charge in [-0.1, -0.05) is 18.2 Å². The van der Waals surface area contributed by atoms with Crippen molar-refractivity contribution in [3.05, 3.63) is 29.8 Å². The summed E-state index contributed by atoms with van der Waals surface area (Å²) < 4.78 is 5.66. The lowest BCUT2D eigenvalue weighted by atomic mass is 10.2. The van der Waals surface area contributed by atoms with Crippen LogP contribution in [0.1, 0.15) is 18.4 Å². The van der Waals surface area contributed by atoms with Crippen LogP contribution in [0.4, 0.5) is 0 Å². The molecule has 2 rings (SSSR count). The van der Waals surface area contributed by atoms with Crippen LogP contribution in [0.5, 0.6) is 5.75 Å². The van der Waals surface area contributed by atoms with Gasteiger partial charge in [0.1, 0.15) is 12.4 Å². The Bertz CT molecular complexity index is 447. The van der Waals surface area contributed by atoms with Gasteiger partial charge in [0.15, 0.2) is 0 Å². The first-order valence-corrected chi connectivity index (χ1v) is 6.26. The van der Waals surface area contributed by atoms with Crippen LogP contribution in [-0.2, 0) is 4.79 Å². The van der Waals surface area contributed by atoms with Crippen LogP contribution in [0, 0.1) is 6.92 Å². The van der Waals surface area contributed by atoms with E-state index in [1.54, 1.807) is 11.9 Å². The van der Waals surface area contributed by atoms with E-state index in [-0.39, 0.29) is 18.3 Å². The summed E-state index contributed by atoms with van der Waals surface area (Å²) in [5, 5.41) is 0. The Labute approximate surface area is 120 Å². The zero-order valence-electron chi connectivity index (χ0n) is 11.4. The summed E-state index contributed by atoms with van der Waals surface area (Å²) in [4.78, 5) is 13.5. The van der Waals surface area contributed by atoms with Crippen molar-refractivity contribution in [1.82, 2.24) is 4.90 Å². The molecule has 1 amide bonds. The highest BCUT2D eigenvalue weighted by Crippen LogP contribution is 2.33. The molecule has 5 heteroatoms. The first-order valence-electron chi connectivity index (χ1n) is 6.26. The lowest BCUT2D eigenvalue weighted by molar-refractivity contribution is -0.132. The molecule has 1 saturated carbocycles. The van der Waals surface area contributed by atoms with Crippen LogP contribution in [0.15, 0.2) is 24.3 Å². The Hall–Kier alpha value is -1.26. The number of rotatable bonds is 5. The second-order valence-electron chi connectivity index (χ2n) is 5.00. The molecule has 0 saturated heterocycles. The molecule has 4 nitrogen and oxygen atoms in total. The van der Waals surface area contributed by atoms with E-state index in [0.29, 0.717) is 13.2 Å². The number of carbonyl (C=O) groups excluding carboxylic acids is 1. The van der Waals surface area contributed by atoms with Gasteiger partial charge < -0.3 is 15.4 Å². The minimum Gasteiger partial charge on any atom is -0.491 e. The number of hydrogen-bond donors (Lipinski definition) is 1. The van der Waals surface area contributed by atoms with Crippen LogP contribution in [0.3, 0.4) is 0 Å². The molecule has 106 valence electrons. The molecular formula is C14H21ClN2O2. The van der Waals surface area contributed by atoms with E-state index < -0.39 is 5.54 Å². The second kappa shape index (κ2) is 6.26. The van der Waals surface area contributed by atoms with Gasteiger partial charge in [-0.05, 0) is 31.4 Å². The molecule has 1 aliphatic carbocycles. The number of likely N-dealkylation sites (N-methyl/N-ethyl adjacent to an activating group) is 1. The number of aryl methyl sites for hydroxylation is 1. The lowest BCUT2D eigenvalue weighted by Gasteiger charge is -2.21. The predicted molar refractivity (Wildman–Crippen MR) is 77.7 cm³/mol. The van der Waals surface area contributed by atoms with Crippen molar-refractivity contribution < 1.29 is 9.53 Å². The van der Waals surface area contributed by atoms with E-state index in [2.05, 4.69) is 0 Å². The van der Waals surface area contributed by atoms with Gasteiger partial charge in [-0.25, -0.2) is 0 Å². The molecule has 1 fully saturated rings. The lowest BCUT2D eigenvalue weighted by Crippen LogP contribution is -2.45. The summed E-state index contributed by atoms with van der Waals surface area (Å²) in [7, 11) is 1.77. The van der Waals surface area contributed by atoms with Gasteiger partial charge in [-0.15, -0.1) is 12.4 Å². The van der Waals surface area contributed by atoms with Crippen LogP contribution in [-0.4, -0.2) is 36.5 Å². The average Bonchev–Trinajstić information content (AvgIpc) is 3.10. The Kier molecular flexibility index (Phi) is 5.20. The van der Waals surface area contributed by atoms with Gasteiger partial charge in [0.25, 0.3) is 0 Å². The normalized spacial score (nSPS) is 15.3. The topological polar surface area (TPSA) is 55.6 Å². The fourth-order valence-electron chi connectivity index (χ4n) is 1.84. The zero-order valence-corrected chi connectivity index (χ0v) is 12.2. The SMILES string of the molecule is Cc1ccccc1OCCN(C)C(=O)C1(N)CC1.Cl. The molecule has 0 atom stereocenters. The first-order chi connectivity index (χ1) is 8.53. The van der Waals surface area contributed by atoms with Crippen LogP contribution >= 0.6 is 12.4 Å². The Morgan fingerprint density at radius 2 is 2.05 bits per heavy atom. The van der Waals surface area contributed by atoms with Crippen LogP contribution in [0.2, 0.25) is 0 Å². The molecule has 0 spiro atoms. The van der Waals surface area contributed by atoms with Gasteiger partial charge in [0.2, 0.25) is 5.91 Å². The van der Waals surface area contributed by atoms with Crippen molar-refractivity contribution in [3.63, 3.8) is 0 Å². The third-order valence-electron chi connectivity index (χ3n) is 3.34. The standard InChI is InChI=1S/C14H20N2O2.ClH/c1-11-5-3-4-6-12(11)18-10-9-16(2)13(17)14(15)7-8-14;/h3-6H,7-10,15H2,1-2H3;1H. The van der Waals surface area contributed by atoms with Crippen molar-refractivity contribution in [3.8, 4) is 5.75 Å². The monoisotopic (exact) mass is 284 g/mol. The molecule has 0 heterocycles. The third kappa shape index (κ3) is 3.85. The molecule has 0 bridgehead atoms. The fourth-order valence-corrected chi connectivity index (χ4v) is 1.84. The van der Waals surface area contributed by atoms with Crippen LogP contribution < -0.4 is 10.5 Å². The van der Waals surface area contributed by atoms with Gasteiger partial charge in [-0.2, -0.15) is 0 Å². The van der Waals surface area contributed by atoms with E-state index >= 15 is 0 Å². The summed E-state index contributed by atoms with van der Waals surface area (Å²) >= 11 is 0. The maximum Gasteiger partial charge on any atom is 0.242 e. The van der Waals surface area contributed by atoms with Gasteiger partial charge in [-0.3, -0.25) is 4.79 Å². The van der Waals surface area contributed by atoms with E-state index in [4.69, 9.17) is 10.5 Å². The second-order valence-corrected chi connectivity index (χ2v) is 5.00. The third-order valence-corrected chi connectivity index (χ3v) is 3.34. The summed E-state index contributed by atoms with van der Waals surface area (Å²) in [6.45, 7) is 3.05. The zero-order chi connectivity index (χ0) is 13.2. The molecule has 0 aromatic heterocycles. The van der Waals surface area contributed by atoms with Crippen molar-refractivity contribution in [2.45, 2.75) is 25.3 Å². The molecule has 1 aromatic carbocycles. The number of nitrogens with two attached hydrogens (primary N) is 1. The number of ether oxygens (including phenoxy) is 1. The van der Waals surface area contributed by atoms with Crippen LogP contribution in [0.25, 0.3) is 0 Å². The summed E-state index contributed by atoms with van der Waals surface area (Å²) in [6, 6.07) is 7.85. The van der Waals surface area contributed by atoms with Gasteiger partial charge in [0.05, 0.1) is 12.1 Å². The minimum atomic E-state index is -0.586. The Morgan fingerprint density at radius 3 is 2.63 bits per heavy atom. The number of amides is 1. The summed E-state index contributed by atoms with van der Waals surface area (Å²) in [6.07, 6.45) is 1.60. The van der Waals surface area contributed by atoms with E-state index in [0.717, 1.165) is 24.2 Å². The van der Waals surface area contributed by atoms with Gasteiger partial charge in [0, 0.05) is 7.05 Å². The average molecular weight is 285 g/mol. The molecule has 1 aliphatic rings. The predicted octanol–water partition coefficient (Wildman–Crippen LogP) is 1.75. The van der Waals surface area contributed by atoms with Crippen molar-refractivity contribution in [2.75, 3.05) is 20.2 Å². The minimum absolute atomic E-state index is 0. The maximum atomic E-state index is 11.9. The highest BCUT2D eigenvalue weighted by Gasteiger charge is 2.47. The molecule has 19 heavy (non-hydrogen) atoms. The number of carbonyl (C=O) groups is 1. The quantitative estimate of drug-likeness (QED) is 0.896. The highest BCUT2D eigenvalue weighted by molar-refractivity contribution is 5.88. The van der Waals surface area contributed by atoms with E-state index in [1.165, 1.54) is 0 Å². The molecule has 1 aromatic rings. The van der Waals surface area contributed by atoms with E-state index in [1.807, 2.05) is 31.2 Å². The molecule has 0 radical (unpaired) electrons. The summed E-state index contributed by atoms with van der Waals surface area (Å²) in [5.74, 6) is 0.892. The molecule has 2 N–H and O–H groups in total. The highest BCUT2D eigenvalue weighted by atomic mass is 35.5. The number of para-hydroxylation sites is 1. The van der Waals surface area contributed by atoms with E-state index in [9.17, 15) is 4.79 Å².